The van der Waals surface area contributed by atoms with Crippen LogP contribution in [0.25, 0.3) is 0 Å². The number of carbonyl (C=O) groups excluding carboxylic acids is 3. The molecule has 0 saturated carbocycles. The first-order valence-electron chi connectivity index (χ1n) is 8.57. The van der Waals surface area contributed by atoms with Crippen LogP contribution in [0.15, 0.2) is 35.5 Å². The molecular weight excluding hydrogens is 733 g/mol. The molecule has 0 aromatic rings. The Hall–Kier alpha value is -2.76. The molecule has 0 atom stereocenters. The molecule has 0 bridgehead atoms. The number of carbonyl (C=O) groups is 3. The van der Waals surface area contributed by atoms with Crippen molar-refractivity contribution < 1.29 is 102 Å². The van der Waals surface area contributed by atoms with Gasteiger partial charge in [-0.1, -0.05) is 0 Å². The molecule has 0 heterocycles. The summed E-state index contributed by atoms with van der Waals surface area (Å²) < 4.78 is 238. The normalized spacial score (nSPS) is 15.0. The van der Waals surface area contributed by atoms with Crippen LogP contribution in [0.3, 0.4) is 0 Å². The van der Waals surface area contributed by atoms with Crippen LogP contribution >= 0.6 is 0 Å². The van der Waals surface area contributed by atoms with Crippen LogP contribution in [0, 0.1) is 0 Å². The van der Waals surface area contributed by atoms with Crippen molar-refractivity contribution in [2.45, 2.75) is 37.1 Å². The minimum absolute atomic E-state index is 1.63. The number of hydrogen-bond acceptors (Lipinski definition) is 6. The van der Waals surface area contributed by atoms with Crippen LogP contribution in [0.5, 0.6) is 0 Å². The molecule has 0 radical (unpaired) electrons. The fourth-order valence-corrected chi connectivity index (χ4v) is 5.45. The SMILES string of the molecule is O=C(C=C([O][In]([O]C(=CC(=O)C(F)(F)F)C(F)(F)F)[O]C(=CC(=O)C(F)(F)F)C(F)(F)F)C(F)(F)F)C(F)(F)F. The first-order chi connectivity index (χ1) is 17.4. The van der Waals surface area contributed by atoms with Gasteiger partial charge in [-0.15, -0.1) is 0 Å². The molecular formula is C15H3F18InO6. The predicted octanol–water partition coefficient (Wildman–Crippen LogP) is 5.75. The van der Waals surface area contributed by atoms with E-state index in [0.717, 1.165) is 0 Å². The van der Waals surface area contributed by atoms with Crippen molar-refractivity contribution in [3.05, 3.63) is 35.5 Å². The molecule has 0 aromatic heterocycles. The fraction of sp³-hybridized carbons (Fsp3) is 0.400. The number of halogens is 18. The Bertz CT molecular complexity index is 917. The molecule has 0 unspecified atom stereocenters. The van der Waals surface area contributed by atoms with E-state index in [0.29, 0.717) is 0 Å². The molecule has 228 valence electrons. The maximum absolute atomic E-state index is 13.0. The predicted molar refractivity (Wildman–Crippen MR) is 84.6 cm³/mol. The number of alkyl halides is 18. The zero-order valence-corrected chi connectivity index (χ0v) is 20.9. The second-order valence-electron chi connectivity index (χ2n) is 6.25. The molecule has 0 fully saturated rings. The van der Waals surface area contributed by atoms with Crippen LogP contribution in [0.2, 0.25) is 0 Å². The Morgan fingerprint density at radius 3 is 0.675 bits per heavy atom. The van der Waals surface area contributed by atoms with Gasteiger partial charge in [0.15, 0.2) is 0 Å². The van der Waals surface area contributed by atoms with Crippen molar-refractivity contribution in [3.8, 4) is 0 Å². The standard InChI is InChI=1S/3C5H2F6O2.In/c3*6-4(7,8)2(12)1-3(13)5(9,10)11;/h3*1,12H;/q;;;+3/p-3. The summed E-state index contributed by atoms with van der Waals surface area (Å²) in [7, 11) is 0. The quantitative estimate of drug-likeness (QED) is 0.171. The van der Waals surface area contributed by atoms with Crippen molar-refractivity contribution in [1.29, 1.82) is 0 Å². The molecule has 0 aliphatic heterocycles. The van der Waals surface area contributed by atoms with Gasteiger partial charge in [-0.2, -0.15) is 0 Å². The molecule has 0 N–H and O–H groups in total. The molecule has 0 aromatic carbocycles. The van der Waals surface area contributed by atoms with Gasteiger partial charge in [-0.3, -0.25) is 0 Å². The van der Waals surface area contributed by atoms with Gasteiger partial charge in [-0.05, 0) is 0 Å². The van der Waals surface area contributed by atoms with Crippen LogP contribution in [0.1, 0.15) is 0 Å². The third kappa shape index (κ3) is 12.6. The van der Waals surface area contributed by atoms with Gasteiger partial charge in [0.2, 0.25) is 0 Å². The van der Waals surface area contributed by atoms with Gasteiger partial charge in [0.1, 0.15) is 0 Å². The third-order valence-corrected chi connectivity index (χ3v) is 6.95. The van der Waals surface area contributed by atoms with E-state index in [9.17, 15) is 93.4 Å². The van der Waals surface area contributed by atoms with Crippen molar-refractivity contribution in [1.82, 2.24) is 0 Å². The van der Waals surface area contributed by atoms with Crippen molar-refractivity contribution in [3.63, 3.8) is 0 Å². The summed E-state index contributed by atoms with van der Waals surface area (Å²) in [6.07, 6.45) is -42.9. The summed E-state index contributed by atoms with van der Waals surface area (Å²) in [4.78, 5) is 32.4. The maximum atomic E-state index is 13.0. The van der Waals surface area contributed by atoms with Gasteiger partial charge in [0.05, 0.1) is 0 Å². The monoisotopic (exact) mass is 736 g/mol. The Morgan fingerprint density at radius 1 is 0.375 bits per heavy atom. The zero-order valence-electron chi connectivity index (χ0n) is 17.6. The molecule has 0 spiro atoms. The van der Waals surface area contributed by atoms with Gasteiger partial charge in [0.25, 0.3) is 0 Å². The number of rotatable bonds is 9. The summed E-state index contributed by atoms with van der Waals surface area (Å²) in [5, 5.41) is 0. The Morgan fingerprint density at radius 2 is 0.550 bits per heavy atom. The average molecular weight is 736 g/mol. The molecule has 25 heteroatoms. The van der Waals surface area contributed by atoms with E-state index in [1.54, 1.807) is 0 Å². The van der Waals surface area contributed by atoms with E-state index < -0.39 is 113 Å². The topological polar surface area (TPSA) is 78.9 Å². The first kappa shape index (κ1) is 37.2. The van der Waals surface area contributed by atoms with E-state index >= 15 is 0 Å². The van der Waals surface area contributed by atoms with Gasteiger partial charge in [0, 0.05) is 0 Å². The van der Waals surface area contributed by atoms with E-state index in [-0.39, 0.29) is 0 Å². The van der Waals surface area contributed by atoms with Crippen LogP contribution in [-0.4, -0.2) is 77.2 Å². The minimum atomic E-state index is -7.40. The molecule has 0 rings (SSSR count). The van der Waals surface area contributed by atoms with Crippen molar-refractivity contribution in [2.24, 2.45) is 0 Å². The Balaban J connectivity index is 7.14. The molecule has 0 aliphatic rings. The number of ketones is 3. The van der Waals surface area contributed by atoms with E-state index in [1.165, 1.54) is 0 Å². The van der Waals surface area contributed by atoms with Gasteiger partial charge >= 0.3 is 215 Å². The summed E-state index contributed by atoms with van der Waals surface area (Å²) in [6.45, 7) is 0. The van der Waals surface area contributed by atoms with E-state index in [4.69, 9.17) is 0 Å². The van der Waals surface area contributed by atoms with Crippen LogP contribution in [0.4, 0.5) is 79.0 Å². The second kappa shape index (κ2) is 12.4. The summed E-state index contributed by atoms with van der Waals surface area (Å²) in [5.41, 5.74) is 0. The fourth-order valence-electron chi connectivity index (χ4n) is 1.53. The van der Waals surface area contributed by atoms with Crippen LogP contribution in [-0.2, 0) is 22.9 Å². The van der Waals surface area contributed by atoms with Crippen molar-refractivity contribution in [2.75, 3.05) is 0 Å². The molecule has 40 heavy (non-hydrogen) atoms. The van der Waals surface area contributed by atoms with E-state index in [1.807, 2.05) is 0 Å². The molecule has 0 amide bonds. The summed E-state index contributed by atoms with van der Waals surface area (Å²) >= 11 is -7.40. The van der Waals surface area contributed by atoms with Gasteiger partial charge in [-0.25, -0.2) is 0 Å². The summed E-state index contributed by atoms with van der Waals surface area (Å²) in [5.74, 6) is -20.9. The average Bonchev–Trinajstić information content (AvgIpc) is 2.67. The third-order valence-electron chi connectivity index (χ3n) is 3.13. The zero-order chi connectivity index (χ0) is 32.3. The van der Waals surface area contributed by atoms with Gasteiger partial charge < -0.3 is 0 Å². The van der Waals surface area contributed by atoms with Crippen LogP contribution < -0.4 is 0 Å². The Labute approximate surface area is 215 Å². The molecule has 6 nitrogen and oxygen atoms in total. The first-order valence-corrected chi connectivity index (χ1v) is 12.6. The summed E-state index contributed by atoms with van der Waals surface area (Å²) in [6, 6.07) is 0. The molecule has 0 aliphatic carbocycles. The number of allylic oxidation sites excluding steroid dienone is 6. The Kier molecular flexibility index (Phi) is 11.5. The second-order valence-corrected chi connectivity index (χ2v) is 9.91. The number of hydrogen-bond donors (Lipinski definition) is 0. The van der Waals surface area contributed by atoms with Crippen molar-refractivity contribution >= 4 is 40.1 Å². The van der Waals surface area contributed by atoms with E-state index in [2.05, 4.69) is 8.56 Å². The molecule has 0 saturated heterocycles.